The summed E-state index contributed by atoms with van der Waals surface area (Å²) in [7, 11) is 0. The van der Waals surface area contributed by atoms with Crippen molar-refractivity contribution in [2.24, 2.45) is 0 Å². The minimum Gasteiger partial charge on any atom is -0.310 e. The monoisotopic (exact) mass is 287 g/mol. The molecule has 21 heavy (non-hydrogen) atoms. The lowest BCUT2D eigenvalue weighted by atomic mass is 10.2. The van der Waals surface area contributed by atoms with Crippen LogP contribution in [0.4, 0.5) is 4.39 Å². The summed E-state index contributed by atoms with van der Waals surface area (Å²) in [6.45, 7) is 4.91. The fourth-order valence-corrected chi connectivity index (χ4v) is 2.53. The molecule has 0 saturated heterocycles. The zero-order valence-corrected chi connectivity index (χ0v) is 12.7. The van der Waals surface area contributed by atoms with E-state index in [4.69, 9.17) is 0 Å². The first kappa shape index (κ1) is 14.3. The number of halogens is 1. The molecule has 4 heteroatoms. The molecular formula is C17H22FN3. The molecule has 0 spiro atoms. The van der Waals surface area contributed by atoms with Crippen LogP contribution in [0.1, 0.15) is 43.6 Å². The van der Waals surface area contributed by atoms with Crippen LogP contribution in [0.25, 0.3) is 5.69 Å². The number of rotatable bonds is 6. The normalized spacial score (nSPS) is 14.6. The number of aromatic nitrogens is 2. The Hall–Kier alpha value is -1.68. The van der Waals surface area contributed by atoms with Crippen LogP contribution in [0, 0.1) is 5.82 Å². The Balaban J connectivity index is 1.91. The summed E-state index contributed by atoms with van der Waals surface area (Å²) in [6, 6.07) is 7.93. The van der Waals surface area contributed by atoms with E-state index in [0.29, 0.717) is 6.04 Å². The molecule has 1 aliphatic carbocycles. The molecule has 1 heterocycles. The molecule has 112 valence electrons. The second kappa shape index (κ2) is 5.98. The lowest BCUT2D eigenvalue weighted by Gasteiger charge is -2.10. The Bertz CT molecular complexity index is 629. The third kappa shape index (κ3) is 3.32. The zero-order valence-electron chi connectivity index (χ0n) is 12.7. The number of aryl methyl sites for hydroxylation is 2. The lowest BCUT2D eigenvalue weighted by Crippen LogP contribution is -2.15. The molecule has 0 atom stereocenters. The Morgan fingerprint density at radius 1 is 1.19 bits per heavy atom. The van der Waals surface area contributed by atoms with E-state index in [9.17, 15) is 4.39 Å². The Morgan fingerprint density at radius 2 is 2.00 bits per heavy atom. The van der Waals surface area contributed by atoms with Gasteiger partial charge < -0.3 is 5.32 Å². The average molecular weight is 287 g/mol. The van der Waals surface area contributed by atoms with Crippen molar-refractivity contribution in [1.29, 1.82) is 0 Å². The number of hydrogen-bond acceptors (Lipinski definition) is 2. The van der Waals surface area contributed by atoms with Gasteiger partial charge in [0.05, 0.1) is 11.4 Å². The highest BCUT2D eigenvalue weighted by molar-refractivity contribution is 5.38. The predicted octanol–water partition coefficient (Wildman–Crippen LogP) is 3.39. The first-order valence-corrected chi connectivity index (χ1v) is 7.80. The van der Waals surface area contributed by atoms with E-state index in [-0.39, 0.29) is 5.82 Å². The maximum Gasteiger partial charge on any atom is 0.125 e. The first-order chi connectivity index (χ1) is 10.2. The van der Waals surface area contributed by atoms with Crippen molar-refractivity contribution in [3.05, 3.63) is 47.0 Å². The Labute approximate surface area is 125 Å². The van der Waals surface area contributed by atoms with E-state index in [0.717, 1.165) is 42.0 Å². The highest BCUT2D eigenvalue weighted by atomic mass is 19.1. The summed E-state index contributed by atoms with van der Waals surface area (Å²) in [6.07, 6.45) is 4.26. The molecule has 3 rings (SSSR count). The quantitative estimate of drug-likeness (QED) is 0.882. The molecule has 0 amide bonds. The van der Waals surface area contributed by atoms with Crippen LogP contribution < -0.4 is 5.32 Å². The fourth-order valence-electron chi connectivity index (χ4n) is 2.53. The number of nitrogens with one attached hydrogen (secondary N) is 1. The van der Waals surface area contributed by atoms with Crippen molar-refractivity contribution in [3.8, 4) is 5.69 Å². The largest absolute Gasteiger partial charge is 0.310 e. The van der Waals surface area contributed by atoms with Crippen LogP contribution in [0.2, 0.25) is 0 Å². The highest BCUT2D eigenvalue weighted by Crippen LogP contribution is 2.21. The molecule has 1 aromatic heterocycles. The predicted molar refractivity (Wildman–Crippen MR) is 82.1 cm³/mol. The topological polar surface area (TPSA) is 29.9 Å². The third-order valence-electron chi connectivity index (χ3n) is 3.92. The van der Waals surface area contributed by atoms with Gasteiger partial charge in [-0.25, -0.2) is 9.07 Å². The van der Waals surface area contributed by atoms with Gasteiger partial charge in [-0.1, -0.05) is 13.8 Å². The third-order valence-corrected chi connectivity index (χ3v) is 3.92. The van der Waals surface area contributed by atoms with E-state index in [2.05, 4.69) is 30.3 Å². The number of hydrogen-bond donors (Lipinski definition) is 1. The molecule has 2 aromatic rings. The van der Waals surface area contributed by atoms with Gasteiger partial charge in [-0.15, -0.1) is 0 Å². The molecule has 1 saturated carbocycles. The van der Waals surface area contributed by atoms with Crippen molar-refractivity contribution in [3.63, 3.8) is 0 Å². The molecule has 3 nitrogen and oxygen atoms in total. The SMILES string of the molecule is CCc1cc(CC)n(-c2cc(F)cc(CNC3CC3)c2)n1. The van der Waals surface area contributed by atoms with Crippen molar-refractivity contribution in [2.45, 2.75) is 52.1 Å². The van der Waals surface area contributed by atoms with E-state index >= 15 is 0 Å². The maximum absolute atomic E-state index is 13.9. The molecule has 0 aliphatic heterocycles. The Morgan fingerprint density at radius 3 is 2.67 bits per heavy atom. The van der Waals surface area contributed by atoms with Gasteiger partial charge in [-0.2, -0.15) is 5.10 Å². The number of benzene rings is 1. The van der Waals surface area contributed by atoms with Crippen molar-refractivity contribution < 1.29 is 4.39 Å². The minimum absolute atomic E-state index is 0.198. The van der Waals surface area contributed by atoms with Gasteiger partial charge in [0.1, 0.15) is 5.82 Å². The van der Waals surface area contributed by atoms with Gasteiger partial charge in [0.15, 0.2) is 0 Å². The highest BCUT2D eigenvalue weighted by Gasteiger charge is 2.20. The molecule has 0 bridgehead atoms. The van der Waals surface area contributed by atoms with Crippen LogP contribution in [-0.2, 0) is 19.4 Å². The molecule has 1 aliphatic rings. The second-order valence-corrected chi connectivity index (χ2v) is 5.72. The molecule has 0 radical (unpaired) electrons. The van der Waals surface area contributed by atoms with Crippen molar-refractivity contribution >= 4 is 0 Å². The van der Waals surface area contributed by atoms with Gasteiger partial charge in [-0.05, 0) is 55.5 Å². The van der Waals surface area contributed by atoms with Gasteiger partial charge >= 0.3 is 0 Å². The summed E-state index contributed by atoms with van der Waals surface area (Å²) in [4.78, 5) is 0. The molecule has 1 aromatic carbocycles. The van der Waals surface area contributed by atoms with Crippen LogP contribution in [0.15, 0.2) is 24.3 Å². The van der Waals surface area contributed by atoms with Gasteiger partial charge in [0.2, 0.25) is 0 Å². The van der Waals surface area contributed by atoms with Gasteiger partial charge in [0, 0.05) is 18.3 Å². The van der Waals surface area contributed by atoms with E-state index in [1.165, 1.54) is 12.8 Å². The molecule has 1 N–H and O–H groups in total. The summed E-state index contributed by atoms with van der Waals surface area (Å²) in [5, 5.41) is 8.02. The van der Waals surface area contributed by atoms with Crippen LogP contribution in [0.3, 0.4) is 0 Å². The number of nitrogens with zero attached hydrogens (tertiary/aromatic N) is 2. The minimum atomic E-state index is -0.198. The Kier molecular flexibility index (Phi) is 4.06. The lowest BCUT2D eigenvalue weighted by molar-refractivity contribution is 0.616. The van der Waals surface area contributed by atoms with Crippen molar-refractivity contribution in [2.75, 3.05) is 0 Å². The smallest absolute Gasteiger partial charge is 0.125 e. The van der Waals surface area contributed by atoms with E-state index in [1.54, 1.807) is 12.1 Å². The second-order valence-electron chi connectivity index (χ2n) is 5.72. The van der Waals surface area contributed by atoms with Gasteiger partial charge in [0.25, 0.3) is 0 Å². The van der Waals surface area contributed by atoms with E-state index in [1.807, 2.05) is 10.7 Å². The molecule has 0 unspecified atom stereocenters. The molecular weight excluding hydrogens is 265 g/mol. The summed E-state index contributed by atoms with van der Waals surface area (Å²) >= 11 is 0. The summed E-state index contributed by atoms with van der Waals surface area (Å²) in [5.41, 5.74) is 3.97. The first-order valence-electron chi connectivity index (χ1n) is 7.80. The molecule has 1 fully saturated rings. The zero-order chi connectivity index (χ0) is 14.8. The van der Waals surface area contributed by atoms with Gasteiger partial charge in [-0.3, -0.25) is 0 Å². The van der Waals surface area contributed by atoms with Crippen LogP contribution in [-0.4, -0.2) is 15.8 Å². The average Bonchev–Trinajstić information content (AvgIpc) is 3.21. The van der Waals surface area contributed by atoms with Crippen LogP contribution in [0.5, 0.6) is 0 Å². The van der Waals surface area contributed by atoms with E-state index < -0.39 is 0 Å². The summed E-state index contributed by atoms with van der Waals surface area (Å²) in [5.74, 6) is -0.198. The fraction of sp³-hybridized carbons (Fsp3) is 0.471. The van der Waals surface area contributed by atoms with Crippen LogP contribution >= 0.6 is 0 Å². The maximum atomic E-state index is 13.9. The standard InChI is InChI=1S/C17H22FN3/c1-3-14-10-16(4-2)21(20-14)17-8-12(7-13(18)9-17)11-19-15-5-6-15/h7-10,15,19H,3-6,11H2,1-2H3. The summed E-state index contributed by atoms with van der Waals surface area (Å²) < 4.78 is 15.8. The van der Waals surface area contributed by atoms with Crippen molar-refractivity contribution in [1.82, 2.24) is 15.1 Å².